The van der Waals surface area contributed by atoms with Gasteiger partial charge in [-0.15, -0.1) is 0 Å². The van der Waals surface area contributed by atoms with Gasteiger partial charge in [0, 0.05) is 0 Å². The summed E-state index contributed by atoms with van der Waals surface area (Å²) in [6.45, 7) is 4.24. The summed E-state index contributed by atoms with van der Waals surface area (Å²) in [5.41, 5.74) is 0.428. The Morgan fingerprint density at radius 2 is 1.94 bits per heavy atom. The van der Waals surface area contributed by atoms with Crippen molar-refractivity contribution < 1.29 is 9.90 Å². The number of hydrogen-bond acceptors (Lipinski definition) is 1. The highest BCUT2D eigenvalue weighted by Crippen LogP contribution is 2.50. The minimum Gasteiger partial charge on any atom is -0.481 e. The molecule has 0 saturated heterocycles. The third kappa shape index (κ3) is 3.23. The van der Waals surface area contributed by atoms with Gasteiger partial charge in [0.25, 0.3) is 0 Å². The number of rotatable bonds is 4. The van der Waals surface area contributed by atoms with Crippen molar-refractivity contribution in [3.63, 3.8) is 0 Å². The first-order valence-corrected chi connectivity index (χ1v) is 7.21. The predicted octanol–water partition coefficient (Wildman–Crippen LogP) is 4.09. The van der Waals surface area contributed by atoms with E-state index in [0.717, 1.165) is 24.7 Å². The van der Waals surface area contributed by atoms with E-state index in [9.17, 15) is 4.79 Å². The molecule has 2 bridgehead atoms. The Hall–Kier alpha value is -0.530. The summed E-state index contributed by atoms with van der Waals surface area (Å²) in [5, 5.41) is 8.96. The zero-order valence-electron chi connectivity index (χ0n) is 11.2. The summed E-state index contributed by atoms with van der Waals surface area (Å²) in [4.78, 5) is 10.9. The fourth-order valence-electron chi connectivity index (χ4n) is 4.14. The quantitative estimate of drug-likeness (QED) is 0.800. The Morgan fingerprint density at radius 3 is 2.47 bits per heavy atom. The van der Waals surface area contributed by atoms with Gasteiger partial charge in [-0.1, -0.05) is 33.1 Å². The van der Waals surface area contributed by atoms with Crippen LogP contribution in [0.3, 0.4) is 0 Å². The molecule has 0 aromatic heterocycles. The summed E-state index contributed by atoms with van der Waals surface area (Å²) in [6, 6.07) is 0. The van der Waals surface area contributed by atoms with E-state index in [1.807, 2.05) is 6.92 Å². The van der Waals surface area contributed by atoms with Crippen molar-refractivity contribution in [2.45, 2.75) is 65.2 Å². The van der Waals surface area contributed by atoms with Crippen LogP contribution in [-0.2, 0) is 4.79 Å². The Balaban J connectivity index is 1.88. The van der Waals surface area contributed by atoms with Gasteiger partial charge in [-0.2, -0.15) is 0 Å². The van der Waals surface area contributed by atoms with Gasteiger partial charge in [-0.05, 0) is 49.4 Å². The number of carboxylic acid groups (broad SMARTS) is 1. The lowest BCUT2D eigenvalue weighted by Gasteiger charge is -2.46. The lowest BCUT2D eigenvalue weighted by molar-refractivity contribution is -0.141. The van der Waals surface area contributed by atoms with E-state index in [0.29, 0.717) is 5.41 Å². The van der Waals surface area contributed by atoms with Crippen LogP contribution in [0.5, 0.6) is 0 Å². The second kappa shape index (κ2) is 4.99. The minimum absolute atomic E-state index is 0.173. The van der Waals surface area contributed by atoms with Crippen molar-refractivity contribution in [1.29, 1.82) is 0 Å². The van der Waals surface area contributed by atoms with Crippen LogP contribution < -0.4 is 0 Å². The lowest BCUT2D eigenvalue weighted by atomic mass is 9.60. The Bertz CT molecular complexity index is 273. The van der Waals surface area contributed by atoms with Gasteiger partial charge in [0.1, 0.15) is 0 Å². The van der Waals surface area contributed by atoms with Crippen molar-refractivity contribution >= 4 is 5.97 Å². The highest BCUT2D eigenvalue weighted by Gasteiger charge is 2.38. The molecule has 0 amide bonds. The fraction of sp³-hybridized carbons (Fsp3) is 0.933. The summed E-state index contributed by atoms with van der Waals surface area (Å²) < 4.78 is 0. The fourth-order valence-corrected chi connectivity index (χ4v) is 4.14. The van der Waals surface area contributed by atoms with Gasteiger partial charge in [-0.25, -0.2) is 0 Å². The molecule has 0 heterocycles. The van der Waals surface area contributed by atoms with E-state index >= 15 is 0 Å². The largest absolute Gasteiger partial charge is 0.481 e. The Labute approximate surface area is 105 Å². The number of aliphatic carboxylic acids is 1. The smallest absolute Gasteiger partial charge is 0.306 e. The van der Waals surface area contributed by atoms with Crippen molar-refractivity contribution in [1.82, 2.24) is 0 Å². The van der Waals surface area contributed by atoms with Gasteiger partial charge in [0.05, 0.1) is 5.92 Å². The molecule has 0 aromatic carbocycles. The second-order valence-corrected chi connectivity index (χ2v) is 6.90. The molecule has 0 spiro atoms. The van der Waals surface area contributed by atoms with Crippen molar-refractivity contribution in [3.8, 4) is 0 Å². The maximum Gasteiger partial charge on any atom is 0.306 e. The molecule has 17 heavy (non-hydrogen) atoms. The van der Waals surface area contributed by atoms with Crippen molar-refractivity contribution in [3.05, 3.63) is 0 Å². The third-order valence-corrected chi connectivity index (χ3v) is 5.06. The molecule has 0 aromatic rings. The molecular weight excluding hydrogens is 212 g/mol. The van der Waals surface area contributed by atoms with Gasteiger partial charge in [0.2, 0.25) is 0 Å². The van der Waals surface area contributed by atoms with E-state index in [1.54, 1.807) is 0 Å². The van der Waals surface area contributed by atoms with E-state index in [1.165, 1.54) is 38.5 Å². The minimum atomic E-state index is -0.635. The highest BCUT2D eigenvalue weighted by atomic mass is 16.4. The SMILES string of the molecule is C[C@H](CCC1(C)CC2CCCC(C2)C1)C(=O)O. The maximum atomic E-state index is 10.9. The van der Waals surface area contributed by atoms with E-state index in [2.05, 4.69) is 6.92 Å². The third-order valence-electron chi connectivity index (χ3n) is 5.06. The van der Waals surface area contributed by atoms with Gasteiger partial charge in [-0.3, -0.25) is 4.79 Å². The first-order valence-electron chi connectivity index (χ1n) is 7.21. The van der Waals surface area contributed by atoms with Crippen LogP contribution in [0.2, 0.25) is 0 Å². The second-order valence-electron chi connectivity index (χ2n) is 6.90. The molecule has 0 radical (unpaired) electrons. The number of fused-ring (bicyclic) bond motifs is 2. The molecule has 98 valence electrons. The zero-order chi connectivity index (χ0) is 12.5. The lowest BCUT2D eigenvalue weighted by Crippen LogP contribution is -2.34. The molecule has 2 unspecified atom stereocenters. The van der Waals surface area contributed by atoms with Crippen LogP contribution in [0.15, 0.2) is 0 Å². The molecule has 2 aliphatic carbocycles. The molecule has 2 fully saturated rings. The first-order chi connectivity index (χ1) is 7.98. The summed E-state index contributed by atoms with van der Waals surface area (Å²) >= 11 is 0. The number of carboxylic acids is 1. The van der Waals surface area contributed by atoms with Crippen LogP contribution in [0, 0.1) is 23.2 Å². The van der Waals surface area contributed by atoms with Gasteiger partial charge >= 0.3 is 5.97 Å². The number of carbonyl (C=O) groups is 1. The van der Waals surface area contributed by atoms with Crippen LogP contribution >= 0.6 is 0 Å². The predicted molar refractivity (Wildman–Crippen MR) is 68.8 cm³/mol. The van der Waals surface area contributed by atoms with Crippen LogP contribution in [0.25, 0.3) is 0 Å². The highest BCUT2D eigenvalue weighted by molar-refractivity contribution is 5.69. The molecule has 2 nitrogen and oxygen atoms in total. The van der Waals surface area contributed by atoms with Crippen LogP contribution in [0.1, 0.15) is 65.2 Å². The van der Waals surface area contributed by atoms with Gasteiger partial charge < -0.3 is 5.11 Å². The Kier molecular flexibility index (Phi) is 3.79. The standard InChI is InChI=1S/C15H26O2/c1-11(14(16)17)6-7-15(2)9-12-4-3-5-13(8-12)10-15/h11-13H,3-10H2,1-2H3,(H,16,17)/t11-,12?,13?,15?/m1/s1. The molecule has 1 N–H and O–H groups in total. The molecular formula is C15H26O2. The number of hydrogen-bond donors (Lipinski definition) is 1. The monoisotopic (exact) mass is 238 g/mol. The van der Waals surface area contributed by atoms with Gasteiger partial charge in [0.15, 0.2) is 0 Å². The molecule has 2 saturated carbocycles. The molecule has 2 rings (SSSR count). The van der Waals surface area contributed by atoms with E-state index in [4.69, 9.17) is 5.11 Å². The molecule has 2 heteroatoms. The molecule has 2 aliphatic rings. The molecule has 0 aliphatic heterocycles. The van der Waals surface area contributed by atoms with Crippen LogP contribution in [0.4, 0.5) is 0 Å². The van der Waals surface area contributed by atoms with E-state index in [-0.39, 0.29) is 5.92 Å². The summed E-state index contributed by atoms with van der Waals surface area (Å²) in [5.74, 6) is 1.07. The van der Waals surface area contributed by atoms with Crippen molar-refractivity contribution in [2.75, 3.05) is 0 Å². The van der Waals surface area contributed by atoms with Crippen LogP contribution in [-0.4, -0.2) is 11.1 Å². The summed E-state index contributed by atoms with van der Waals surface area (Å²) in [6.07, 6.45) is 10.4. The van der Waals surface area contributed by atoms with E-state index < -0.39 is 5.97 Å². The average molecular weight is 238 g/mol. The normalized spacial score (nSPS) is 38.7. The summed E-state index contributed by atoms with van der Waals surface area (Å²) in [7, 11) is 0. The zero-order valence-corrected chi connectivity index (χ0v) is 11.2. The Morgan fingerprint density at radius 1 is 1.35 bits per heavy atom. The average Bonchev–Trinajstić information content (AvgIpc) is 2.25. The topological polar surface area (TPSA) is 37.3 Å². The molecule has 3 atom stereocenters. The van der Waals surface area contributed by atoms with Crippen molar-refractivity contribution in [2.24, 2.45) is 23.2 Å². The maximum absolute atomic E-state index is 10.9. The first kappa shape index (κ1) is 12.9.